The van der Waals surface area contributed by atoms with Crippen molar-refractivity contribution >= 4 is 33.2 Å². The molecule has 1 amide bonds. The van der Waals surface area contributed by atoms with Crippen LogP contribution in [-0.4, -0.2) is 42.9 Å². The molecule has 6 nitrogen and oxygen atoms in total. The number of sulfonamides is 1. The molecular formula is C20H21ClF2N2O4S. The number of nitrogens with one attached hydrogen (secondary N) is 1. The Bertz CT molecular complexity index is 1060. The second-order valence-corrected chi connectivity index (χ2v) is 9.69. The van der Waals surface area contributed by atoms with E-state index in [0.717, 1.165) is 28.6 Å². The molecule has 0 bridgehead atoms. The standard InChI is InChI=1S/C20H21ClF2N2O4S/c1-12-8-15(26)6-7-25(11-12)30(28,29)19-9-13(2-4-18(19)23)20(27)24-14-3-5-17(22)16(21)10-14/h2-5,9-10,12,15,26H,6-8,11H2,1H3,(H,24,27). The molecule has 1 saturated heterocycles. The lowest BCUT2D eigenvalue weighted by atomic mass is 10.0. The van der Waals surface area contributed by atoms with Crippen molar-refractivity contribution in [2.75, 3.05) is 18.4 Å². The number of hydrogen-bond acceptors (Lipinski definition) is 4. The van der Waals surface area contributed by atoms with Gasteiger partial charge in [-0.25, -0.2) is 17.2 Å². The van der Waals surface area contributed by atoms with Crippen LogP contribution in [0.25, 0.3) is 0 Å². The summed E-state index contributed by atoms with van der Waals surface area (Å²) in [5.41, 5.74) is 0.119. The first kappa shape index (κ1) is 22.6. The van der Waals surface area contributed by atoms with E-state index in [1.807, 2.05) is 6.92 Å². The summed E-state index contributed by atoms with van der Waals surface area (Å²) in [4.78, 5) is 11.9. The molecule has 30 heavy (non-hydrogen) atoms. The van der Waals surface area contributed by atoms with Crippen LogP contribution in [0.2, 0.25) is 5.02 Å². The molecule has 0 spiro atoms. The third-order valence-electron chi connectivity index (χ3n) is 4.89. The van der Waals surface area contributed by atoms with Crippen molar-refractivity contribution in [2.24, 2.45) is 5.92 Å². The number of anilines is 1. The highest BCUT2D eigenvalue weighted by Crippen LogP contribution is 2.26. The smallest absolute Gasteiger partial charge is 0.255 e. The average molecular weight is 459 g/mol. The molecule has 0 radical (unpaired) electrons. The molecule has 1 fully saturated rings. The van der Waals surface area contributed by atoms with Crippen LogP contribution in [0.1, 0.15) is 30.1 Å². The summed E-state index contributed by atoms with van der Waals surface area (Å²) >= 11 is 5.69. The summed E-state index contributed by atoms with van der Waals surface area (Å²) in [5.74, 6) is -2.43. The molecule has 3 rings (SSSR count). The van der Waals surface area contributed by atoms with Gasteiger partial charge < -0.3 is 10.4 Å². The summed E-state index contributed by atoms with van der Waals surface area (Å²) in [7, 11) is -4.22. The number of carbonyl (C=O) groups excluding carboxylic acids is 1. The van der Waals surface area contributed by atoms with Crippen LogP contribution in [0.15, 0.2) is 41.3 Å². The van der Waals surface area contributed by atoms with Crippen molar-refractivity contribution in [3.63, 3.8) is 0 Å². The number of benzene rings is 2. The lowest BCUT2D eigenvalue weighted by Crippen LogP contribution is -2.34. The fourth-order valence-electron chi connectivity index (χ4n) is 3.37. The first-order chi connectivity index (χ1) is 14.1. The van der Waals surface area contributed by atoms with Crippen molar-refractivity contribution in [1.29, 1.82) is 0 Å². The second kappa shape index (κ2) is 8.97. The molecule has 2 unspecified atom stereocenters. The highest BCUT2D eigenvalue weighted by molar-refractivity contribution is 7.89. The largest absolute Gasteiger partial charge is 0.393 e. The molecule has 1 aliphatic heterocycles. The Kier molecular flexibility index (Phi) is 6.76. The van der Waals surface area contributed by atoms with Gasteiger partial charge >= 0.3 is 0 Å². The van der Waals surface area contributed by atoms with Gasteiger partial charge in [-0.2, -0.15) is 4.31 Å². The minimum atomic E-state index is -4.22. The maximum absolute atomic E-state index is 14.4. The van der Waals surface area contributed by atoms with Gasteiger partial charge in [0.1, 0.15) is 16.5 Å². The maximum Gasteiger partial charge on any atom is 0.255 e. The number of nitrogens with zero attached hydrogens (tertiary/aromatic N) is 1. The predicted molar refractivity (Wildman–Crippen MR) is 109 cm³/mol. The van der Waals surface area contributed by atoms with Crippen LogP contribution in [0.5, 0.6) is 0 Å². The minimum absolute atomic E-state index is 0.0534. The van der Waals surface area contributed by atoms with Crippen molar-refractivity contribution in [2.45, 2.75) is 30.8 Å². The monoisotopic (exact) mass is 458 g/mol. The highest BCUT2D eigenvalue weighted by atomic mass is 35.5. The van der Waals surface area contributed by atoms with Crippen molar-refractivity contribution in [3.8, 4) is 0 Å². The van der Waals surface area contributed by atoms with E-state index in [2.05, 4.69) is 5.32 Å². The predicted octanol–water partition coefficient (Wildman–Crippen LogP) is 3.65. The Morgan fingerprint density at radius 2 is 1.90 bits per heavy atom. The lowest BCUT2D eigenvalue weighted by molar-refractivity contribution is 0.102. The molecule has 0 aromatic heterocycles. The summed E-state index contributed by atoms with van der Waals surface area (Å²) < 4.78 is 54.9. The zero-order valence-electron chi connectivity index (χ0n) is 16.1. The van der Waals surface area contributed by atoms with E-state index >= 15 is 0 Å². The quantitative estimate of drug-likeness (QED) is 0.732. The van der Waals surface area contributed by atoms with Gasteiger partial charge in [0.05, 0.1) is 11.1 Å². The zero-order chi connectivity index (χ0) is 22.1. The molecule has 0 aliphatic carbocycles. The summed E-state index contributed by atoms with van der Waals surface area (Å²) in [6, 6.07) is 6.62. The van der Waals surface area contributed by atoms with E-state index in [9.17, 15) is 27.1 Å². The Balaban J connectivity index is 1.88. The third-order valence-corrected chi connectivity index (χ3v) is 7.06. The van der Waals surface area contributed by atoms with Gasteiger partial charge in [0, 0.05) is 24.3 Å². The Morgan fingerprint density at radius 3 is 2.60 bits per heavy atom. The van der Waals surface area contributed by atoms with Gasteiger partial charge in [-0.05, 0) is 55.2 Å². The first-order valence-electron chi connectivity index (χ1n) is 9.32. The third kappa shape index (κ3) is 4.97. The molecule has 0 saturated carbocycles. The fourth-order valence-corrected chi connectivity index (χ4v) is 5.21. The summed E-state index contributed by atoms with van der Waals surface area (Å²) in [6.07, 6.45) is 0.0816. The van der Waals surface area contributed by atoms with E-state index in [-0.39, 0.29) is 41.7 Å². The van der Waals surface area contributed by atoms with E-state index in [4.69, 9.17) is 11.6 Å². The topological polar surface area (TPSA) is 86.7 Å². The van der Waals surface area contributed by atoms with Crippen LogP contribution < -0.4 is 5.32 Å². The molecule has 2 aromatic carbocycles. The first-order valence-corrected chi connectivity index (χ1v) is 11.1. The van der Waals surface area contributed by atoms with E-state index in [0.29, 0.717) is 6.42 Å². The Morgan fingerprint density at radius 1 is 1.20 bits per heavy atom. The highest BCUT2D eigenvalue weighted by Gasteiger charge is 2.32. The lowest BCUT2D eigenvalue weighted by Gasteiger charge is -2.22. The SMILES string of the molecule is CC1CC(O)CCN(S(=O)(=O)c2cc(C(=O)Nc3ccc(F)c(Cl)c3)ccc2F)C1. The molecule has 162 valence electrons. The van der Waals surface area contributed by atoms with Crippen LogP contribution in [0, 0.1) is 17.6 Å². The number of carbonyl (C=O) groups is 1. The van der Waals surface area contributed by atoms with Crippen LogP contribution in [-0.2, 0) is 10.0 Å². The maximum atomic E-state index is 14.4. The molecule has 2 aromatic rings. The van der Waals surface area contributed by atoms with Crippen molar-refractivity contribution in [3.05, 3.63) is 58.6 Å². The summed E-state index contributed by atoms with van der Waals surface area (Å²) in [5, 5.41) is 12.2. The van der Waals surface area contributed by atoms with Gasteiger partial charge in [0.15, 0.2) is 0 Å². The molecule has 1 heterocycles. The van der Waals surface area contributed by atoms with E-state index < -0.39 is 38.6 Å². The van der Waals surface area contributed by atoms with Crippen molar-refractivity contribution < 1.29 is 27.1 Å². The summed E-state index contributed by atoms with van der Waals surface area (Å²) in [6.45, 7) is 2.01. The van der Waals surface area contributed by atoms with Gasteiger partial charge in [-0.3, -0.25) is 4.79 Å². The normalized spacial score (nSPS) is 20.6. The van der Waals surface area contributed by atoms with E-state index in [1.165, 1.54) is 12.1 Å². The van der Waals surface area contributed by atoms with Crippen LogP contribution in [0.3, 0.4) is 0 Å². The molecule has 10 heteroatoms. The molecule has 2 N–H and O–H groups in total. The average Bonchev–Trinajstić information content (AvgIpc) is 2.85. The van der Waals surface area contributed by atoms with E-state index in [1.54, 1.807) is 0 Å². The zero-order valence-corrected chi connectivity index (χ0v) is 17.7. The fraction of sp³-hybridized carbons (Fsp3) is 0.350. The van der Waals surface area contributed by atoms with Gasteiger partial charge in [0.2, 0.25) is 10.0 Å². The van der Waals surface area contributed by atoms with Crippen LogP contribution >= 0.6 is 11.6 Å². The van der Waals surface area contributed by atoms with Gasteiger partial charge in [0.25, 0.3) is 5.91 Å². The minimum Gasteiger partial charge on any atom is -0.393 e. The molecule has 2 atom stereocenters. The number of aliphatic hydroxyl groups excluding tert-OH is 1. The molecule has 1 aliphatic rings. The number of hydrogen-bond donors (Lipinski definition) is 2. The van der Waals surface area contributed by atoms with Crippen molar-refractivity contribution in [1.82, 2.24) is 4.31 Å². The number of halogens is 3. The Labute approximate surface area is 178 Å². The van der Waals surface area contributed by atoms with Crippen LogP contribution in [0.4, 0.5) is 14.5 Å². The Hall–Kier alpha value is -2.07. The number of rotatable bonds is 4. The number of amides is 1. The van der Waals surface area contributed by atoms with Gasteiger partial charge in [-0.15, -0.1) is 0 Å². The van der Waals surface area contributed by atoms with Gasteiger partial charge in [-0.1, -0.05) is 18.5 Å². The second-order valence-electron chi connectivity index (χ2n) is 7.37. The number of aliphatic hydroxyl groups is 1. The molecular weight excluding hydrogens is 438 g/mol.